The van der Waals surface area contributed by atoms with E-state index in [9.17, 15) is 18.0 Å². The Morgan fingerprint density at radius 2 is 1.75 bits per heavy atom. The molecule has 1 atom stereocenters. The van der Waals surface area contributed by atoms with Crippen molar-refractivity contribution in [2.24, 2.45) is 0 Å². The molecule has 1 aliphatic heterocycles. The maximum atomic E-state index is 12.5. The maximum absolute atomic E-state index is 12.5. The first-order valence-corrected chi connectivity index (χ1v) is 9.34. The normalized spacial score (nSPS) is 17.0. The lowest BCUT2D eigenvalue weighted by Gasteiger charge is -2.27. The zero-order valence-corrected chi connectivity index (χ0v) is 16.0. The van der Waals surface area contributed by atoms with Gasteiger partial charge in [-0.3, -0.25) is 4.79 Å². The van der Waals surface area contributed by atoms with Crippen LogP contribution in [0.15, 0.2) is 42.5 Å². The Kier molecular flexibility index (Phi) is 5.93. The van der Waals surface area contributed by atoms with Crippen molar-refractivity contribution in [1.82, 2.24) is 4.90 Å². The van der Waals surface area contributed by atoms with Crippen LogP contribution in [-0.2, 0) is 11.3 Å². The van der Waals surface area contributed by atoms with E-state index in [0.717, 1.165) is 0 Å². The molecule has 2 aromatic carbocycles. The molecular weight excluding hydrogens is 395 g/mol. The highest BCUT2D eigenvalue weighted by atomic mass is 32.2. The lowest BCUT2D eigenvalue weighted by molar-refractivity contribution is -0.274. The molecule has 150 valence electrons. The van der Waals surface area contributed by atoms with Gasteiger partial charge in [-0.1, -0.05) is 18.2 Å². The first-order chi connectivity index (χ1) is 13.3. The summed E-state index contributed by atoms with van der Waals surface area (Å²) in [5.41, 5.74) is 1.24. The number of carbonyl (C=O) groups excluding carboxylic acids is 1. The van der Waals surface area contributed by atoms with Crippen LogP contribution in [0.1, 0.15) is 16.5 Å². The fourth-order valence-corrected chi connectivity index (χ4v) is 4.26. The van der Waals surface area contributed by atoms with Crippen LogP contribution in [0, 0.1) is 0 Å². The van der Waals surface area contributed by atoms with Gasteiger partial charge in [0.05, 0.1) is 25.5 Å². The van der Waals surface area contributed by atoms with Gasteiger partial charge in [0, 0.05) is 6.54 Å². The lowest BCUT2D eigenvalue weighted by atomic mass is 10.1. The second-order valence-electron chi connectivity index (χ2n) is 5.96. The summed E-state index contributed by atoms with van der Waals surface area (Å²) >= 11 is 1.41. The molecule has 0 aromatic heterocycles. The van der Waals surface area contributed by atoms with Crippen molar-refractivity contribution in [3.63, 3.8) is 0 Å². The van der Waals surface area contributed by atoms with Gasteiger partial charge in [0.1, 0.15) is 22.6 Å². The summed E-state index contributed by atoms with van der Waals surface area (Å²) < 4.78 is 52.2. The Morgan fingerprint density at radius 1 is 1.11 bits per heavy atom. The summed E-state index contributed by atoms with van der Waals surface area (Å²) in [5.74, 6) is 0.960. The fraction of sp³-hybridized carbons (Fsp3) is 0.316. The van der Waals surface area contributed by atoms with Gasteiger partial charge in [-0.15, -0.1) is 24.9 Å². The molecule has 9 heteroatoms. The van der Waals surface area contributed by atoms with E-state index < -0.39 is 6.36 Å². The van der Waals surface area contributed by atoms with Gasteiger partial charge in [-0.05, 0) is 29.8 Å². The molecule has 1 heterocycles. The Balaban J connectivity index is 1.90. The number of amides is 1. The van der Waals surface area contributed by atoms with Gasteiger partial charge in [0.25, 0.3) is 0 Å². The topological polar surface area (TPSA) is 48.0 Å². The van der Waals surface area contributed by atoms with E-state index in [4.69, 9.17) is 9.47 Å². The van der Waals surface area contributed by atoms with Crippen LogP contribution < -0.4 is 14.2 Å². The maximum Gasteiger partial charge on any atom is 0.573 e. The van der Waals surface area contributed by atoms with E-state index in [1.807, 2.05) is 0 Å². The van der Waals surface area contributed by atoms with Crippen molar-refractivity contribution in [1.29, 1.82) is 0 Å². The second-order valence-corrected chi connectivity index (χ2v) is 7.02. The fourth-order valence-electron chi connectivity index (χ4n) is 3.03. The predicted octanol–water partition coefficient (Wildman–Crippen LogP) is 4.38. The number of nitrogens with zero attached hydrogens (tertiary/aromatic N) is 1. The largest absolute Gasteiger partial charge is 0.573 e. The van der Waals surface area contributed by atoms with Gasteiger partial charge in [-0.2, -0.15) is 0 Å². The third kappa shape index (κ3) is 4.46. The molecule has 1 saturated heterocycles. The highest BCUT2D eigenvalue weighted by Gasteiger charge is 2.37. The van der Waals surface area contributed by atoms with Crippen LogP contribution in [0.3, 0.4) is 0 Å². The number of rotatable bonds is 6. The summed E-state index contributed by atoms with van der Waals surface area (Å²) in [6.07, 6.45) is -4.77. The van der Waals surface area contributed by atoms with Crippen LogP contribution in [0.4, 0.5) is 13.2 Å². The van der Waals surface area contributed by atoms with Crippen LogP contribution in [0.2, 0.25) is 0 Å². The minimum atomic E-state index is -4.77. The minimum Gasteiger partial charge on any atom is -0.496 e. The molecule has 0 spiro atoms. The summed E-state index contributed by atoms with van der Waals surface area (Å²) in [4.78, 5) is 14.1. The van der Waals surface area contributed by atoms with E-state index in [1.165, 1.54) is 44.2 Å². The molecule has 0 N–H and O–H groups in total. The molecule has 0 saturated carbocycles. The molecule has 28 heavy (non-hydrogen) atoms. The second kappa shape index (κ2) is 8.22. The molecule has 0 bridgehead atoms. The highest BCUT2D eigenvalue weighted by molar-refractivity contribution is 8.00. The third-order valence-electron chi connectivity index (χ3n) is 4.17. The van der Waals surface area contributed by atoms with Crippen molar-refractivity contribution >= 4 is 17.7 Å². The van der Waals surface area contributed by atoms with Gasteiger partial charge >= 0.3 is 6.36 Å². The van der Waals surface area contributed by atoms with E-state index >= 15 is 0 Å². The van der Waals surface area contributed by atoms with E-state index in [2.05, 4.69) is 4.74 Å². The number of ether oxygens (including phenoxy) is 3. The van der Waals surface area contributed by atoms with Gasteiger partial charge in [0.2, 0.25) is 5.91 Å². The zero-order chi connectivity index (χ0) is 20.3. The SMILES string of the molecule is COc1cccc(OC)c1C1SCC(=O)N1Cc1cccc(OC(F)(F)F)c1. The molecule has 1 unspecified atom stereocenters. The van der Waals surface area contributed by atoms with Gasteiger partial charge < -0.3 is 19.1 Å². The predicted molar refractivity (Wildman–Crippen MR) is 98.4 cm³/mol. The van der Waals surface area contributed by atoms with E-state index in [1.54, 1.807) is 29.2 Å². The smallest absolute Gasteiger partial charge is 0.496 e. The average molecular weight is 413 g/mol. The first kappa shape index (κ1) is 20.2. The molecular formula is C19H18F3NO4S. The number of hydrogen-bond donors (Lipinski definition) is 0. The Labute approximate surface area is 164 Å². The van der Waals surface area contributed by atoms with Gasteiger partial charge in [-0.25, -0.2) is 0 Å². The first-order valence-electron chi connectivity index (χ1n) is 8.29. The van der Waals surface area contributed by atoms with Crippen LogP contribution >= 0.6 is 11.8 Å². The third-order valence-corrected chi connectivity index (χ3v) is 5.39. The molecule has 0 aliphatic carbocycles. The molecule has 2 aromatic rings. The van der Waals surface area contributed by atoms with Crippen LogP contribution in [-0.4, -0.2) is 37.1 Å². The Bertz CT molecular complexity index is 837. The lowest BCUT2D eigenvalue weighted by Crippen LogP contribution is -2.28. The van der Waals surface area contributed by atoms with Crippen LogP contribution in [0.25, 0.3) is 0 Å². The molecule has 1 amide bonds. The van der Waals surface area contributed by atoms with E-state index in [-0.39, 0.29) is 29.3 Å². The van der Waals surface area contributed by atoms with Crippen molar-refractivity contribution in [3.05, 3.63) is 53.6 Å². The standard InChI is InChI=1S/C19H18F3NO4S/c1-25-14-7-4-8-15(26-2)17(14)18-23(16(24)11-28-18)10-12-5-3-6-13(9-12)27-19(20,21)22/h3-9,18H,10-11H2,1-2H3. The summed E-state index contributed by atoms with van der Waals surface area (Å²) in [5, 5.41) is -0.384. The van der Waals surface area contributed by atoms with Crippen molar-refractivity contribution < 1.29 is 32.2 Å². The molecule has 5 nitrogen and oxygen atoms in total. The number of benzene rings is 2. The zero-order valence-electron chi connectivity index (χ0n) is 15.2. The molecule has 1 aliphatic rings. The Hall–Kier alpha value is -2.55. The van der Waals surface area contributed by atoms with E-state index in [0.29, 0.717) is 22.6 Å². The quantitative estimate of drug-likeness (QED) is 0.704. The van der Waals surface area contributed by atoms with Crippen molar-refractivity contribution in [3.8, 4) is 17.2 Å². The summed E-state index contributed by atoms with van der Waals surface area (Å²) in [7, 11) is 3.06. The summed E-state index contributed by atoms with van der Waals surface area (Å²) in [6, 6.07) is 10.9. The van der Waals surface area contributed by atoms with Crippen LogP contribution in [0.5, 0.6) is 17.2 Å². The molecule has 1 fully saturated rings. The summed E-state index contributed by atoms with van der Waals surface area (Å²) in [6.45, 7) is 0.132. The number of alkyl halides is 3. The average Bonchev–Trinajstić information content (AvgIpc) is 3.00. The monoisotopic (exact) mass is 413 g/mol. The molecule has 0 radical (unpaired) electrons. The van der Waals surface area contributed by atoms with Gasteiger partial charge in [0.15, 0.2) is 0 Å². The number of carbonyl (C=O) groups is 1. The molecule has 3 rings (SSSR count). The minimum absolute atomic E-state index is 0.120. The number of methoxy groups -OCH3 is 2. The highest BCUT2D eigenvalue weighted by Crippen LogP contribution is 2.47. The number of hydrogen-bond acceptors (Lipinski definition) is 5. The van der Waals surface area contributed by atoms with Crippen molar-refractivity contribution in [2.75, 3.05) is 20.0 Å². The number of thioether (sulfide) groups is 1. The van der Waals surface area contributed by atoms with Crippen molar-refractivity contribution in [2.45, 2.75) is 18.3 Å². The Morgan fingerprint density at radius 3 is 2.36 bits per heavy atom. The number of halogens is 3.